The lowest BCUT2D eigenvalue weighted by Gasteiger charge is -2.17. The normalized spacial score (nSPS) is 13.2. The summed E-state index contributed by atoms with van der Waals surface area (Å²) < 4.78 is 33.0. The van der Waals surface area contributed by atoms with Crippen molar-refractivity contribution in [2.45, 2.75) is 71.5 Å². The van der Waals surface area contributed by atoms with Crippen LogP contribution in [0.25, 0.3) is 33.3 Å². The quantitative estimate of drug-likeness (QED) is 0.136. The van der Waals surface area contributed by atoms with E-state index in [2.05, 4.69) is 31.7 Å². The summed E-state index contributed by atoms with van der Waals surface area (Å²) in [5.41, 5.74) is 9.80. The largest absolute Gasteiger partial charge is 0.542 e. The zero-order chi connectivity index (χ0) is 42.9. The summed E-state index contributed by atoms with van der Waals surface area (Å²) in [5.74, 6) is -3.48. The minimum Gasteiger partial charge on any atom is -0.542 e. The van der Waals surface area contributed by atoms with Gasteiger partial charge in [-0.25, -0.2) is 9.48 Å². The van der Waals surface area contributed by atoms with Crippen LogP contribution in [0.1, 0.15) is 44.7 Å². The van der Waals surface area contributed by atoms with Crippen molar-refractivity contribution in [1.29, 1.82) is 0 Å². The molecule has 2 aromatic carbocycles. The molecule has 5 aromatic rings. The molecule has 6 rings (SSSR count). The molecule has 1 aliphatic rings. The highest BCUT2D eigenvalue weighted by Crippen LogP contribution is 2.29. The molecule has 0 aliphatic carbocycles. The lowest BCUT2D eigenvalue weighted by molar-refractivity contribution is -0.414. The first-order valence-corrected chi connectivity index (χ1v) is 18.8. The molecule has 2 atom stereocenters. The van der Waals surface area contributed by atoms with Gasteiger partial charge in [0.1, 0.15) is 12.0 Å². The van der Waals surface area contributed by atoms with Gasteiger partial charge in [-0.3, -0.25) is 24.4 Å². The van der Waals surface area contributed by atoms with Gasteiger partial charge in [-0.1, -0.05) is 44.2 Å². The van der Waals surface area contributed by atoms with E-state index in [0.29, 0.717) is 56.0 Å². The number of halogens is 3. The number of aryl methyl sites for hydroxylation is 1. The Hall–Kier alpha value is -6.69. The molecular formula is C41H44F3N9O6. The average Bonchev–Trinajstić information content (AvgIpc) is 3.66. The van der Waals surface area contributed by atoms with Gasteiger partial charge in [0, 0.05) is 67.3 Å². The summed E-state index contributed by atoms with van der Waals surface area (Å²) in [6.45, 7) is 7.19. The number of anilines is 1. The highest BCUT2D eigenvalue weighted by Gasteiger charge is 2.29. The zero-order valence-corrected chi connectivity index (χ0v) is 32.6. The predicted molar refractivity (Wildman–Crippen MR) is 210 cm³/mol. The van der Waals surface area contributed by atoms with Gasteiger partial charge in [0.25, 0.3) is 11.5 Å². The van der Waals surface area contributed by atoms with Crippen molar-refractivity contribution in [2.24, 2.45) is 5.92 Å². The molecule has 0 bridgehead atoms. The van der Waals surface area contributed by atoms with Crippen molar-refractivity contribution in [2.75, 3.05) is 11.9 Å². The van der Waals surface area contributed by atoms with Gasteiger partial charge in [-0.15, -0.1) is 0 Å². The van der Waals surface area contributed by atoms with E-state index in [4.69, 9.17) is 15.0 Å². The summed E-state index contributed by atoms with van der Waals surface area (Å²) in [4.78, 5) is 71.1. The number of nitrogens with one attached hydrogen (secondary N) is 3. The minimum absolute atomic E-state index is 0.0630. The molecular weight excluding hydrogens is 772 g/mol. The standard InChI is InChI=1S/C39H43N9O4.C2HF3O2/c1-24(2)35(40)37(50)44-25(3)36(49)43-16-4-5-19-48-38(51)32(30-8-6-10-33-31(30)9-7-17-42-33)20-34(46-48)26-11-13-29(14-12-26)45-39(52)47-22-27-15-18-41-21-28(27)23-47;3-2(4,5)1(6)7/h6-15,17-18,20-21,24-25,35H,4-5,16,19,22-23,40H2,1-3H3,(H,43,49)(H,44,50)(H,45,52);(H,6,7)/t25-,35-;/m0./s1. The molecule has 310 valence electrons. The fraction of sp³-hybridized carbons (Fsp3) is 0.317. The number of fused-ring (bicyclic) bond motifs is 2. The topological polar surface area (TPSA) is 219 Å². The van der Waals surface area contributed by atoms with Crippen LogP contribution in [-0.4, -0.2) is 73.3 Å². The summed E-state index contributed by atoms with van der Waals surface area (Å²) in [5, 5.41) is 23.0. The van der Waals surface area contributed by atoms with E-state index in [1.165, 1.54) is 4.68 Å². The van der Waals surface area contributed by atoms with Crippen molar-refractivity contribution in [3.8, 4) is 22.4 Å². The number of urea groups is 1. The SMILES string of the molecule is CC(C)[C@H]([NH3+])C(=O)N[C@@H](C)C(=O)NCCCCn1nc(-c2ccc(NC(=O)N3Cc4ccncc4C3)cc2)cc(-c2cccc3ncccc23)c1=O.O=C([O-])C(F)(F)F. The van der Waals surface area contributed by atoms with E-state index < -0.39 is 24.2 Å². The Morgan fingerprint density at radius 3 is 2.29 bits per heavy atom. The van der Waals surface area contributed by atoms with Crippen molar-refractivity contribution >= 4 is 40.4 Å². The number of carboxylic acid groups (broad SMARTS) is 1. The summed E-state index contributed by atoms with van der Waals surface area (Å²) >= 11 is 0. The third kappa shape index (κ3) is 11.2. The predicted octanol–water partition coefficient (Wildman–Crippen LogP) is 3.03. The highest BCUT2D eigenvalue weighted by atomic mass is 19.4. The van der Waals surface area contributed by atoms with Gasteiger partial charge < -0.3 is 36.5 Å². The van der Waals surface area contributed by atoms with E-state index in [9.17, 15) is 32.3 Å². The number of pyridine rings is 2. The van der Waals surface area contributed by atoms with E-state index in [1.807, 2.05) is 74.5 Å². The Balaban J connectivity index is 0.000000867. The van der Waals surface area contributed by atoms with Crippen molar-refractivity contribution in [1.82, 2.24) is 35.3 Å². The Labute approximate surface area is 336 Å². The number of hydrogen-bond acceptors (Lipinski definition) is 9. The third-order valence-electron chi connectivity index (χ3n) is 9.58. The maximum Gasteiger partial charge on any atom is 0.430 e. The number of amides is 4. The van der Waals surface area contributed by atoms with Crippen LogP contribution in [0.3, 0.4) is 0 Å². The molecule has 0 unspecified atom stereocenters. The Kier molecular flexibility index (Phi) is 14.1. The second-order valence-corrected chi connectivity index (χ2v) is 14.2. The molecule has 6 N–H and O–H groups in total. The Morgan fingerprint density at radius 1 is 0.898 bits per heavy atom. The number of carbonyl (C=O) groups is 4. The number of rotatable bonds is 12. The van der Waals surface area contributed by atoms with Crippen LogP contribution in [0, 0.1) is 5.92 Å². The van der Waals surface area contributed by atoms with Crippen LogP contribution in [0.15, 0.2) is 90.1 Å². The van der Waals surface area contributed by atoms with Gasteiger partial charge in [-0.05, 0) is 72.9 Å². The summed E-state index contributed by atoms with van der Waals surface area (Å²) in [6, 6.07) is 19.3. The van der Waals surface area contributed by atoms with Crippen molar-refractivity contribution in [3.05, 3.63) is 107 Å². The second-order valence-electron chi connectivity index (χ2n) is 14.2. The Morgan fingerprint density at radius 2 is 1.61 bits per heavy atom. The highest BCUT2D eigenvalue weighted by molar-refractivity contribution is 5.95. The van der Waals surface area contributed by atoms with Gasteiger partial charge in [0.05, 0.1) is 16.8 Å². The first-order valence-electron chi connectivity index (χ1n) is 18.8. The fourth-order valence-corrected chi connectivity index (χ4v) is 6.10. The van der Waals surface area contributed by atoms with Crippen LogP contribution in [0.2, 0.25) is 0 Å². The van der Waals surface area contributed by atoms with Gasteiger partial charge in [0.2, 0.25) is 5.91 Å². The summed E-state index contributed by atoms with van der Waals surface area (Å²) in [7, 11) is 0. The number of carbonyl (C=O) groups excluding carboxylic acids is 4. The molecule has 15 nitrogen and oxygen atoms in total. The molecule has 4 amide bonds. The molecule has 18 heteroatoms. The molecule has 0 fully saturated rings. The molecule has 0 saturated carbocycles. The molecule has 0 radical (unpaired) electrons. The minimum atomic E-state index is -5.19. The second kappa shape index (κ2) is 19.2. The lowest BCUT2D eigenvalue weighted by atomic mass is 10.00. The molecule has 0 spiro atoms. The fourth-order valence-electron chi connectivity index (χ4n) is 6.10. The summed E-state index contributed by atoms with van der Waals surface area (Å²) in [6.07, 6.45) is 1.22. The van der Waals surface area contributed by atoms with E-state index in [-0.39, 0.29) is 29.3 Å². The number of hydrogen-bond donors (Lipinski definition) is 4. The lowest BCUT2D eigenvalue weighted by Crippen LogP contribution is -2.70. The number of benzene rings is 2. The van der Waals surface area contributed by atoms with Crippen LogP contribution >= 0.6 is 0 Å². The average molecular weight is 816 g/mol. The van der Waals surface area contributed by atoms with Gasteiger partial charge >= 0.3 is 12.2 Å². The van der Waals surface area contributed by atoms with Crippen LogP contribution in [-0.2, 0) is 34.0 Å². The first kappa shape index (κ1) is 43.4. The van der Waals surface area contributed by atoms with Crippen molar-refractivity contribution in [3.63, 3.8) is 0 Å². The molecule has 59 heavy (non-hydrogen) atoms. The van der Waals surface area contributed by atoms with Crippen molar-refractivity contribution < 1.29 is 43.2 Å². The zero-order valence-electron chi connectivity index (χ0n) is 32.6. The first-order chi connectivity index (χ1) is 28.0. The Bertz CT molecular complexity index is 2340. The van der Waals surface area contributed by atoms with Gasteiger partial charge in [-0.2, -0.15) is 18.3 Å². The number of aromatic nitrogens is 4. The van der Waals surface area contributed by atoms with E-state index in [0.717, 1.165) is 33.2 Å². The maximum atomic E-state index is 14.0. The number of carboxylic acids is 1. The third-order valence-corrected chi connectivity index (χ3v) is 9.58. The van der Waals surface area contributed by atoms with E-state index in [1.54, 1.807) is 36.5 Å². The monoisotopic (exact) mass is 815 g/mol. The van der Waals surface area contributed by atoms with Crippen LogP contribution in [0.4, 0.5) is 23.7 Å². The maximum absolute atomic E-state index is 14.0. The van der Waals surface area contributed by atoms with Crippen LogP contribution in [0.5, 0.6) is 0 Å². The molecule has 4 heterocycles. The number of nitrogens with zero attached hydrogens (tertiary/aromatic N) is 5. The number of aliphatic carboxylic acids is 1. The van der Waals surface area contributed by atoms with E-state index >= 15 is 0 Å². The molecule has 1 aliphatic heterocycles. The van der Waals surface area contributed by atoms with Crippen LogP contribution < -0.4 is 32.3 Å². The van der Waals surface area contributed by atoms with Gasteiger partial charge in [0.15, 0.2) is 6.04 Å². The number of alkyl halides is 3. The number of unbranched alkanes of at least 4 members (excludes halogenated alkanes) is 1. The molecule has 3 aromatic heterocycles. The smallest absolute Gasteiger partial charge is 0.430 e. The number of quaternary nitrogens is 1. The molecule has 0 saturated heterocycles.